The number of likely N-dealkylation sites (N-methyl/N-ethyl adjacent to an activating group) is 1. The van der Waals surface area contributed by atoms with Crippen LogP contribution in [0.15, 0.2) is 24.3 Å². The third-order valence-corrected chi connectivity index (χ3v) is 3.44. The first kappa shape index (κ1) is 13.4. The van der Waals surface area contributed by atoms with Crippen molar-refractivity contribution in [3.05, 3.63) is 29.8 Å². The molecule has 1 aliphatic rings. The van der Waals surface area contributed by atoms with Crippen molar-refractivity contribution in [1.29, 1.82) is 0 Å². The van der Waals surface area contributed by atoms with Crippen molar-refractivity contribution in [1.82, 2.24) is 0 Å². The highest BCUT2D eigenvalue weighted by molar-refractivity contribution is 5.47. The molecule has 0 spiro atoms. The monoisotopic (exact) mass is 249 g/mol. The van der Waals surface area contributed by atoms with Crippen LogP contribution < -0.4 is 4.90 Å². The SMILES string of the molecule is CC(O)c1ccc(N(C)CCOCC2CC2)cc1. The fraction of sp³-hybridized carbons (Fsp3) is 0.600. The molecule has 1 aromatic carbocycles. The molecule has 1 fully saturated rings. The zero-order valence-electron chi connectivity index (χ0n) is 11.3. The Kier molecular flexibility index (Phi) is 4.61. The molecule has 2 rings (SSSR count). The van der Waals surface area contributed by atoms with Gasteiger partial charge in [0.05, 0.1) is 12.7 Å². The summed E-state index contributed by atoms with van der Waals surface area (Å²) in [7, 11) is 2.07. The molecule has 3 heteroatoms. The molecule has 1 saturated carbocycles. The Labute approximate surface area is 109 Å². The molecule has 0 bridgehead atoms. The number of hydrogen-bond acceptors (Lipinski definition) is 3. The minimum atomic E-state index is -0.397. The van der Waals surface area contributed by atoms with Crippen molar-refractivity contribution in [2.45, 2.75) is 25.9 Å². The molecule has 1 aliphatic carbocycles. The summed E-state index contributed by atoms with van der Waals surface area (Å²) in [6.07, 6.45) is 2.29. The molecule has 100 valence electrons. The Balaban J connectivity index is 1.74. The van der Waals surface area contributed by atoms with Crippen LogP contribution in [0, 0.1) is 5.92 Å². The summed E-state index contributed by atoms with van der Waals surface area (Å²) in [6, 6.07) is 8.04. The van der Waals surface area contributed by atoms with E-state index in [1.165, 1.54) is 12.8 Å². The molecule has 18 heavy (non-hydrogen) atoms. The maximum atomic E-state index is 9.45. The van der Waals surface area contributed by atoms with E-state index in [1.807, 2.05) is 24.3 Å². The normalized spacial score (nSPS) is 16.6. The van der Waals surface area contributed by atoms with Gasteiger partial charge in [0.15, 0.2) is 0 Å². The van der Waals surface area contributed by atoms with E-state index in [9.17, 15) is 5.11 Å². The van der Waals surface area contributed by atoms with Crippen molar-refractivity contribution in [3.8, 4) is 0 Å². The van der Waals surface area contributed by atoms with Gasteiger partial charge in [-0.2, -0.15) is 0 Å². The van der Waals surface area contributed by atoms with Gasteiger partial charge in [0.25, 0.3) is 0 Å². The number of aliphatic hydroxyl groups excluding tert-OH is 1. The van der Waals surface area contributed by atoms with E-state index in [1.54, 1.807) is 6.92 Å². The first-order chi connectivity index (χ1) is 8.66. The largest absolute Gasteiger partial charge is 0.389 e. The number of nitrogens with zero attached hydrogens (tertiary/aromatic N) is 1. The molecule has 1 N–H and O–H groups in total. The average molecular weight is 249 g/mol. The van der Waals surface area contributed by atoms with E-state index >= 15 is 0 Å². The maximum absolute atomic E-state index is 9.45. The molecule has 1 aromatic rings. The molecular weight excluding hydrogens is 226 g/mol. The molecular formula is C15H23NO2. The fourth-order valence-electron chi connectivity index (χ4n) is 1.87. The van der Waals surface area contributed by atoms with E-state index in [0.717, 1.165) is 36.9 Å². The van der Waals surface area contributed by atoms with Gasteiger partial charge in [0, 0.05) is 25.9 Å². The van der Waals surface area contributed by atoms with E-state index in [-0.39, 0.29) is 0 Å². The van der Waals surface area contributed by atoms with Crippen LogP contribution >= 0.6 is 0 Å². The van der Waals surface area contributed by atoms with E-state index in [0.29, 0.717) is 0 Å². The number of anilines is 1. The van der Waals surface area contributed by atoms with Crippen LogP contribution in [0.25, 0.3) is 0 Å². The lowest BCUT2D eigenvalue weighted by Gasteiger charge is -2.19. The molecule has 1 atom stereocenters. The maximum Gasteiger partial charge on any atom is 0.0761 e. The summed E-state index contributed by atoms with van der Waals surface area (Å²) in [5.74, 6) is 0.834. The van der Waals surface area contributed by atoms with Crippen molar-refractivity contribution in [2.75, 3.05) is 31.7 Å². The molecule has 0 radical (unpaired) electrons. The van der Waals surface area contributed by atoms with E-state index in [4.69, 9.17) is 4.74 Å². The van der Waals surface area contributed by atoms with Gasteiger partial charge in [-0.1, -0.05) is 12.1 Å². The lowest BCUT2D eigenvalue weighted by atomic mass is 10.1. The molecule has 0 amide bonds. The Hall–Kier alpha value is -1.06. The lowest BCUT2D eigenvalue weighted by molar-refractivity contribution is 0.131. The first-order valence-electron chi connectivity index (χ1n) is 6.73. The first-order valence-corrected chi connectivity index (χ1v) is 6.73. The quantitative estimate of drug-likeness (QED) is 0.754. The number of rotatable bonds is 7. The van der Waals surface area contributed by atoms with Gasteiger partial charge in [-0.25, -0.2) is 0 Å². The van der Waals surface area contributed by atoms with Crippen molar-refractivity contribution < 1.29 is 9.84 Å². The van der Waals surface area contributed by atoms with Gasteiger partial charge in [-0.15, -0.1) is 0 Å². The van der Waals surface area contributed by atoms with Gasteiger partial charge in [-0.05, 0) is 43.4 Å². The van der Waals surface area contributed by atoms with Gasteiger partial charge >= 0.3 is 0 Å². The lowest BCUT2D eigenvalue weighted by Crippen LogP contribution is -2.22. The van der Waals surface area contributed by atoms with Crippen LogP contribution in [-0.2, 0) is 4.74 Å². The van der Waals surface area contributed by atoms with Crippen molar-refractivity contribution >= 4 is 5.69 Å². The predicted molar refractivity (Wildman–Crippen MR) is 73.9 cm³/mol. The zero-order chi connectivity index (χ0) is 13.0. The topological polar surface area (TPSA) is 32.7 Å². The third kappa shape index (κ3) is 4.00. The number of benzene rings is 1. The Morgan fingerprint density at radius 1 is 1.33 bits per heavy atom. The zero-order valence-corrected chi connectivity index (χ0v) is 11.3. The summed E-state index contributed by atoms with van der Waals surface area (Å²) in [4.78, 5) is 2.18. The van der Waals surface area contributed by atoms with Gasteiger partial charge in [0.2, 0.25) is 0 Å². The van der Waals surface area contributed by atoms with Crippen LogP contribution in [0.3, 0.4) is 0 Å². The van der Waals surface area contributed by atoms with Crippen molar-refractivity contribution in [2.24, 2.45) is 5.92 Å². The minimum absolute atomic E-state index is 0.397. The van der Waals surface area contributed by atoms with Crippen molar-refractivity contribution in [3.63, 3.8) is 0 Å². The van der Waals surface area contributed by atoms with Crippen LogP contribution in [0.5, 0.6) is 0 Å². The highest BCUT2D eigenvalue weighted by Crippen LogP contribution is 2.28. The minimum Gasteiger partial charge on any atom is -0.389 e. The number of aliphatic hydroxyl groups is 1. The van der Waals surface area contributed by atoms with E-state index in [2.05, 4.69) is 11.9 Å². The van der Waals surface area contributed by atoms with Crippen LogP contribution in [-0.4, -0.2) is 31.9 Å². The molecule has 0 saturated heterocycles. The molecule has 0 aliphatic heterocycles. The Bertz CT molecular complexity index is 357. The summed E-state index contributed by atoms with van der Waals surface area (Å²) in [5.41, 5.74) is 2.12. The second-order valence-electron chi connectivity index (χ2n) is 5.21. The number of hydrogen-bond donors (Lipinski definition) is 1. The summed E-state index contributed by atoms with van der Waals surface area (Å²) < 4.78 is 5.63. The van der Waals surface area contributed by atoms with Crippen LogP contribution in [0.2, 0.25) is 0 Å². The predicted octanol–water partition coefficient (Wildman–Crippen LogP) is 2.60. The summed E-state index contributed by atoms with van der Waals surface area (Å²) >= 11 is 0. The average Bonchev–Trinajstić information content (AvgIpc) is 3.18. The molecule has 1 unspecified atom stereocenters. The second-order valence-corrected chi connectivity index (χ2v) is 5.21. The van der Waals surface area contributed by atoms with Crippen LogP contribution in [0.1, 0.15) is 31.4 Å². The summed E-state index contributed by atoms with van der Waals surface area (Å²) in [6.45, 7) is 4.39. The third-order valence-electron chi connectivity index (χ3n) is 3.44. The molecule has 3 nitrogen and oxygen atoms in total. The summed E-state index contributed by atoms with van der Waals surface area (Å²) in [5, 5.41) is 9.45. The second kappa shape index (κ2) is 6.21. The van der Waals surface area contributed by atoms with Gasteiger partial charge < -0.3 is 14.7 Å². The molecule has 0 aromatic heterocycles. The van der Waals surface area contributed by atoms with Gasteiger partial charge in [0.1, 0.15) is 0 Å². The fourth-order valence-corrected chi connectivity index (χ4v) is 1.87. The van der Waals surface area contributed by atoms with E-state index < -0.39 is 6.10 Å². The Morgan fingerprint density at radius 2 is 2.00 bits per heavy atom. The number of ether oxygens (including phenoxy) is 1. The molecule has 0 heterocycles. The smallest absolute Gasteiger partial charge is 0.0761 e. The van der Waals surface area contributed by atoms with Crippen LogP contribution in [0.4, 0.5) is 5.69 Å². The Morgan fingerprint density at radius 3 is 2.56 bits per heavy atom. The highest BCUT2D eigenvalue weighted by atomic mass is 16.5. The van der Waals surface area contributed by atoms with Gasteiger partial charge in [-0.3, -0.25) is 0 Å². The standard InChI is InChI=1S/C15H23NO2/c1-12(17)14-5-7-15(8-6-14)16(2)9-10-18-11-13-3-4-13/h5-8,12-13,17H,3-4,9-11H2,1-2H3. The highest BCUT2D eigenvalue weighted by Gasteiger charge is 2.20.